The molecule has 0 bridgehead atoms. The summed E-state index contributed by atoms with van der Waals surface area (Å²) in [6.45, 7) is 11.8. The molecule has 0 aliphatic heterocycles. The third kappa shape index (κ3) is 16.0. The molecular weight excluding hydrogens is 392 g/mol. The maximum absolute atomic E-state index is 12.4. The van der Waals surface area contributed by atoms with E-state index >= 15 is 0 Å². The van der Waals surface area contributed by atoms with Gasteiger partial charge in [-0.25, -0.2) is 0 Å². The smallest absolute Gasteiger partial charge is 0.306 e. The lowest BCUT2D eigenvalue weighted by atomic mass is 9.84. The van der Waals surface area contributed by atoms with Crippen LogP contribution >= 0.6 is 0 Å². The van der Waals surface area contributed by atoms with E-state index in [2.05, 4.69) is 34.6 Å². The topological polar surface area (TPSA) is 69.7 Å². The predicted octanol–water partition coefficient (Wildman–Crippen LogP) is 6.52. The minimum atomic E-state index is -0.348. The monoisotopic (exact) mass is 440 g/mol. The van der Waals surface area contributed by atoms with E-state index in [9.17, 15) is 14.4 Å². The Morgan fingerprint density at radius 2 is 1.45 bits per heavy atom. The highest BCUT2D eigenvalue weighted by Gasteiger charge is 2.23. The quantitative estimate of drug-likeness (QED) is 0.122. The van der Waals surface area contributed by atoms with Gasteiger partial charge in [0.15, 0.2) is 0 Å². The van der Waals surface area contributed by atoms with E-state index in [4.69, 9.17) is 9.47 Å². The second kappa shape index (κ2) is 19.3. The van der Waals surface area contributed by atoms with Gasteiger partial charge in [-0.2, -0.15) is 0 Å². The van der Waals surface area contributed by atoms with Crippen LogP contribution < -0.4 is 0 Å². The van der Waals surface area contributed by atoms with Crippen molar-refractivity contribution in [1.82, 2.24) is 0 Å². The van der Waals surface area contributed by atoms with E-state index in [0.29, 0.717) is 31.0 Å². The predicted molar refractivity (Wildman–Crippen MR) is 126 cm³/mol. The number of carbonyl (C=O) groups excluding carboxylic acids is 3. The van der Waals surface area contributed by atoms with Crippen molar-refractivity contribution in [3.63, 3.8) is 0 Å². The lowest BCUT2D eigenvalue weighted by molar-refractivity contribution is -0.148. The van der Waals surface area contributed by atoms with Gasteiger partial charge in [0.25, 0.3) is 0 Å². The largest absolute Gasteiger partial charge is 0.466 e. The maximum atomic E-state index is 12.4. The van der Waals surface area contributed by atoms with Crippen molar-refractivity contribution in [2.45, 2.75) is 112 Å². The summed E-state index contributed by atoms with van der Waals surface area (Å²) in [5.41, 5.74) is 0. The molecule has 0 spiro atoms. The van der Waals surface area contributed by atoms with Crippen molar-refractivity contribution in [2.24, 2.45) is 23.7 Å². The lowest BCUT2D eigenvalue weighted by Crippen LogP contribution is -2.24. The van der Waals surface area contributed by atoms with E-state index in [1.54, 1.807) is 0 Å². The number of carbonyl (C=O) groups is 3. The summed E-state index contributed by atoms with van der Waals surface area (Å²) in [4.78, 5) is 35.5. The van der Waals surface area contributed by atoms with Crippen LogP contribution in [0.15, 0.2) is 0 Å². The Bertz CT molecular complexity index is 476. The molecule has 0 amide bonds. The van der Waals surface area contributed by atoms with Gasteiger partial charge >= 0.3 is 11.9 Å². The zero-order valence-corrected chi connectivity index (χ0v) is 20.8. The van der Waals surface area contributed by atoms with Crippen LogP contribution in [-0.2, 0) is 23.9 Å². The molecule has 182 valence electrons. The summed E-state index contributed by atoms with van der Waals surface area (Å²) in [7, 11) is 0. The Labute approximate surface area is 191 Å². The van der Waals surface area contributed by atoms with Gasteiger partial charge in [-0.05, 0) is 36.5 Å². The Kier molecular flexibility index (Phi) is 18.4. The highest BCUT2D eigenvalue weighted by atomic mass is 16.5. The van der Waals surface area contributed by atoms with E-state index in [1.165, 1.54) is 25.7 Å². The number of esters is 2. The lowest BCUT2D eigenvalue weighted by Gasteiger charge is -2.25. The molecule has 31 heavy (non-hydrogen) atoms. The molecular formula is C26H48O5. The van der Waals surface area contributed by atoms with Crippen LogP contribution in [0.5, 0.6) is 0 Å². The SMILES string of the molecule is CCCCCCCCOC(=O)CC(CC=O)CC(=O)OCC(CC(C)CC)C(C)CC. The molecule has 0 saturated heterocycles. The average molecular weight is 441 g/mol. The first-order valence-electron chi connectivity index (χ1n) is 12.6. The fourth-order valence-electron chi connectivity index (χ4n) is 3.71. The molecule has 0 saturated carbocycles. The van der Waals surface area contributed by atoms with Gasteiger partial charge in [-0.3, -0.25) is 9.59 Å². The van der Waals surface area contributed by atoms with Gasteiger partial charge in [0.2, 0.25) is 0 Å². The Morgan fingerprint density at radius 1 is 0.839 bits per heavy atom. The Morgan fingerprint density at radius 3 is 2.03 bits per heavy atom. The molecule has 0 aliphatic rings. The van der Waals surface area contributed by atoms with E-state index in [1.807, 2.05) is 0 Å². The molecule has 0 aromatic carbocycles. The first-order chi connectivity index (χ1) is 14.9. The van der Waals surface area contributed by atoms with Crippen molar-refractivity contribution < 1.29 is 23.9 Å². The van der Waals surface area contributed by atoms with Gasteiger partial charge < -0.3 is 14.3 Å². The van der Waals surface area contributed by atoms with Gasteiger partial charge in [0.1, 0.15) is 6.29 Å². The summed E-state index contributed by atoms with van der Waals surface area (Å²) in [5.74, 6) is 0.427. The summed E-state index contributed by atoms with van der Waals surface area (Å²) < 4.78 is 10.9. The first-order valence-corrected chi connectivity index (χ1v) is 12.6. The van der Waals surface area contributed by atoms with Crippen molar-refractivity contribution in [3.05, 3.63) is 0 Å². The van der Waals surface area contributed by atoms with Gasteiger partial charge in [0.05, 0.1) is 13.2 Å². The number of unbranched alkanes of at least 4 members (excludes halogenated alkanes) is 5. The Hall–Kier alpha value is -1.39. The van der Waals surface area contributed by atoms with E-state index in [0.717, 1.165) is 38.4 Å². The minimum absolute atomic E-state index is 0.0847. The van der Waals surface area contributed by atoms with Crippen LogP contribution in [0.2, 0.25) is 0 Å². The normalized spacial score (nSPS) is 15.0. The Balaban J connectivity index is 4.36. The minimum Gasteiger partial charge on any atom is -0.466 e. The third-order valence-electron chi connectivity index (χ3n) is 6.41. The molecule has 0 aromatic heterocycles. The standard InChI is InChI=1S/C26H48O5/c1-6-9-10-11-12-13-16-30-25(28)18-23(14-15-27)19-26(29)31-20-24(22(5)8-3)17-21(4)7-2/h15,21-24H,6-14,16-20H2,1-5H3. The van der Waals surface area contributed by atoms with E-state index < -0.39 is 0 Å². The fourth-order valence-corrected chi connectivity index (χ4v) is 3.71. The molecule has 4 atom stereocenters. The van der Waals surface area contributed by atoms with Crippen LogP contribution in [0.1, 0.15) is 112 Å². The molecule has 0 fully saturated rings. The maximum Gasteiger partial charge on any atom is 0.306 e. The zero-order valence-electron chi connectivity index (χ0n) is 20.8. The summed E-state index contributed by atoms with van der Waals surface area (Å²) >= 11 is 0. The molecule has 0 radical (unpaired) electrons. The number of hydrogen-bond acceptors (Lipinski definition) is 5. The molecule has 0 N–H and O–H groups in total. The highest BCUT2D eigenvalue weighted by molar-refractivity contribution is 5.74. The van der Waals surface area contributed by atoms with Gasteiger partial charge in [-0.1, -0.05) is 79.6 Å². The highest BCUT2D eigenvalue weighted by Crippen LogP contribution is 2.25. The number of hydrogen-bond donors (Lipinski definition) is 0. The second-order valence-corrected chi connectivity index (χ2v) is 9.24. The average Bonchev–Trinajstić information content (AvgIpc) is 2.75. The molecule has 0 rings (SSSR count). The van der Waals surface area contributed by atoms with Crippen LogP contribution in [0.4, 0.5) is 0 Å². The number of aldehydes is 1. The molecule has 0 aromatic rings. The molecule has 0 aliphatic carbocycles. The van der Waals surface area contributed by atoms with Crippen molar-refractivity contribution in [2.75, 3.05) is 13.2 Å². The second-order valence-electron chi connectivity index (χ2n) is 9.24. The van der Waals surface area contributed by atoms with E-state index in [-0.39, 0.29) is 37.1 Å². The van der Waals surface area contributed by atoms with Gasteiger partial charge in [0, 0.05) is 19.3 Å². The summed E-state index contributed by atoms with van der Waals surface area (Å²) in [5, 5.41) is 0. The fraction of sp³-hybridized carbons (Fsp3) is 0.885. The first kappa shape index (κ1) is 29.6. The van der Waals surface area contributed by atoms with Crippen LogP contribution in [0, 0.1) is 23.7 Å². The summed E-state index contributed by atoms with van der Waals surface area (Å²) in [6, 6.07) is 0. The number of rotatable bonds is 20. The van der Waals surface area contributed by atoms with Crippen molar-refractivity contribution in [3.8, 4) is 0 Å². The summed E-state index contributed by atoms with van der Waals surface area (Å²) in [6.07, 6.45) is 11.1. The van der Waals surface area contributed by atoms with Crippen LogP contribution in [0.3, 0.4) is 0 Å². The third-order valence-corrected chi connectivity index (χ3v) is 6.41. The molecule has 4 unspecified atom stereocenters. The van der Waals surface area contributed by atoms with Crippen LogP contribution in [0.25, 0.3) is 0 Å². The number of ether oxygens (including phenoxy) is 2. The van der Waals surface area contributed by atoms with Crippen molar-refractivity contribution in [1.29, 1.82) is 0 Å². The van der Waals surface area contributed by atoms with Crippen LogP contribution in [-0.4, -0.2) is 31.4 Å². The molecule has 5 heteroatoms. The van der Waals surface area contributed by atoms with Gasteiger partial charge in [-0.15, -0.1) is 0 Å². The van der Waals surface area contributed by atoms with Crippen molar-refractivity contribution >= 4 is 18.2 Å². The molecule has 0 heterocycles. The molecule has 5 nitrogen and oxygen atoms in total. The zero-order chi connectivity index (χ0) is 23.5.